The minimum atomic E-state index is 0. The molecule has 0 amide bonds. The van der Waals surface area contributed by atoms with Gasteiger partial charge in [-0.05, 0) is 0 Å². The highest BCUT2D eigenvalue weighted by molar-refractivity contribution is 3.63. The molecular weight excluding hydrogens is 72.0 g/mol. The van der Waals surface area contributed by atoms with E-state index in [4.69, 9.17) is 0 Å². The van der Waals surface area contributed by atoms with Gasteiger partial charge in [-0.2, -0.15) is 5.53 Å². The van der Waals surface area contributed by atoms with Gasteiger partial charge in [-0.15, -0.1) is 0 Å². The van der Waals surface area contributed by atoms with Crippen molar-refractivity contribution in [3.63, 3.8) is 0 Å². The highest BCUT2D eigenvalue weighted by Gasteiger charge is 1.19. The van der Waals surface area contributed by atoms with E-state index in [0.29, 0.717) is 0 Å². The van der Waals surface area contributed by atoms with Gasteiger partial charge in [-0.1, -0.05) is 0 Å². The number of hydrazine groups is 2. The van der Waals surface area contributed by atoms with Crippen molar-refractivity contribution >= 4 is 0 Å². The molecule has 0 radical (unpaired) electrons. The quantitative estimate of drug-likeness (QED) is 0.192. The summed E-state index contributed by atoms with van der Waals surface area (Å²) in [6, 6.07) is 0. The predicted molar refractivity (Wildman–Crippen MR) is 20.1 cm³/mol. The van der Waals surface area contributed by atoms with E-state index < -0.39 is 0 Å². The van der Waals surface area contributed by atoms with E-state index in [-0.39, 0.29) is 11.6 Å². The van der Waals surface area contributed by atoms with Crippen molar-refractivity contribution in [2.24, 2.45) is 11.7 Å². The number of nitrogens with one attached hydrogen (secondary N) is 1. The molecule has 5 heavy (non-hydrogen) atoms. The Kier molecular flexibility index (Phi) is 199. The molecule has 0 aliphatic carbocycles. The molecule has 0 saturated carbocycles. The van der Waals surface area contributed by atoms with Crippen LogP contribution >= 0.6 is 0 Å². The molecule has 0 fully saturated rings. The molecular formula is H10N4O. The molecule has 0 rings (SSSR count). The van der Waals surface area contributed by atoms with Crippen LogP contribution in [0.1, 0.15) is 0 Å². The first-order chi connectivity index (χ1) is 1.41. The van der Waals surface area contributed by atoms with E-state index in [1.165, 1.54) is 0 Å². The largest absolute Gasteiger partial charge is 0.412 e. The third kappa shape index (κ3) is 308. The average Bonchev–Trinajstić information content (AvgIpc) is 0.918. The van der Waals surface area contributed by atoms with E-state index in [9.17, 15) is 0 Å². The van der Waals surface area contributed by atoms with Gasteiger partial charge < -0.3 is 11.6 Å². The second-order valence-corrected chi connectivity index (χ2v) is 0.167. The standard InChI is InChI=1S/H5N3.H3N.H2O/c1-3-2;;/h3H,1-2H2;1H3;1H2. The summed E-state index contributed by atoms with van der Waals surface area (Å²) in [5, 5.41) is 0. The van der Waals surface area contributed by atoms with E-state index in [2.05, 4.69) is 11.7 Å². The van der Waals surface area contributed by atoms with Crippen molar-refractivity contribution in [3.05, 3.63) is 0 Å². The molecule has 0 aliphatic heterocycles. The summed E-state index contributed by atoms with van der Waals surface area (Å²) in [6.45, 7) is 0. The number of nitrogens with two attached hydrogens (primary N) is 2. The third-order valence-electron chi connectivity index (χ3n) is 0. The van der Waals surface area contributed by atoms with E-state index in [1.807, 2.05) is 0 Å². The Hall–Kier alpha value is -0.200. The molecule has 0 spiro atoms. The normalized spacial score (nSPS) is 3.60. The molecule has 5 heteroatoms. The average molecular weight is 82.1 g/mol. The van der Waals surface area contributed by atoms with Gasteiger partial charge in [0.1, 0.15) is 0 Å². The molecule has 0 aromatic rings. The fourth-order valence-corrected chi connectivity index (χ4v) is 0. The van der Waals surface area contributed by atoms with Crippen LogP contribution in [-0.4, -0.2) is 5.48 Å². The van der Waals surface area contributed by atoms with Crippen molar-refractivity contribution in [1.82, 2.24) is 11.7 Å². The molecule has 0 unspecified atom stereocenters. The van der Waals surface area contributed by atoms with Crippen LogP contribution in [-0.2, 0) is 0 Å². The lowest BCUT2D eigenvalue weighted by molar-refractivity contribution is 0.803. The molecule has 0 atom stereocenters. The Morgan fingerprint density at radius 3 is 1.20 bits per heavy atom. The zero-order valence-corrected chi connectivity index (χ0v) is 2.86. The van der Waals surface area contributed by atoms with Crippen LogP contribution in [0.25, 0.3) is 0 Å². The Labute approximate surface area is 30.2 Å². The van der Waals surface area contributed by atoms with Gasteiger partial charge in [0.05, 0.1) is 0 Å². The van der Waals surface area contributed by atoms with Gasteiger partial charge in [0.25, 0.3) is 0 Å². The summed E-state index contributed by atoms with van der Waals surface area (Å²) in [4.78, 5) is 0. The highest BCUT2D eigenvalue weighted by Crippen LogP contribution is 0.559. The molecule has 36 valence electrons. The lowest BCUT2D eigenvalue weighted by atomic mass is 12.6. The second kappa shape index (κ2) is 46.5. The zero-order valence-electron chi connectivity index (χ0n) is 2.86. The first kappa shape index (κ1) is 21.4. The minimum Gasteiger partial charge on any atom is -0.412 e. The van der Waals surface area contributed by atoms with Crippen LogP contribution in [0.5, 0.6) is 0 Å². The van der Waals surface area contributed by atoms with Crippen molar-refractivity contribution < 1.29 is 5.48 Å². The van der Waals surface area contributed by atoms with Crippen LogP contribution in [0.4, 0.5) is 0 Å². The summed E-state index contributed by atoms with van der Waals surface area (Å²) in [5.74, 6) is 8.75. The van der Waals surface area contributed by atoms with Crippen molar-refractivity contribution in [3.8, 4) is 0 Å². The molecule has 0 aromatic heterocycles. The van der Waals surface area contributed by atoms with E-state index in [0.717, 1.165) is 0 Å². The highest BCUT2D eigenvalue weighted by atomic mass is 16.0. The smallest absolute Gasteiger partial charge is 0.200 e. The molecule has 0 bridgehead atoms. The Balaban J connectivity index is -0.0000000200. The van der Waals surface area contributed by atoms with Crippen LogP contribution in [0.3, 0.4) is 0 Å². The fourth-order valence-electron chi connectivity index (χ4n) is 0. The summed E-state index contributed by atoms with van der Waals surface area (Å²) in [6.07, 6.45) is 0. The second-order valence-electron chi connectivity index (χ2n) is 0.167. The van der Waals surface area contributed by atoms with Crippen LogP contribution in [0.2, 0.25) is 0 Å². The van der Waals surface area contributed by atoms with E-state index in [1.54, 1.807) is 5.53 Å². The molecule has 0 aliphatic rings. The topological polar surface area (TPSA) is 131 Å². The van der Waals surface area contributed by atoms with Crippen LogP contribution in [0, 0.1) is 0 Å². The maximum absolute atomic E-state index is 4.38. The molecule has 5 nitrogen and oxygen atoms in total. The van der Waals surface area contributed by atoms with Gasteiger partial charge in [0.2, 0.25) is 0 Å². The Morgan fingerprint density at radius 2 is 1.20 bits per heavy atom. The lowest BCUT2D eigenvalue weighted by Crippen LogP contribution is -2.29. The third-order valence-corrected chi connectivity index (χ3v) is 0. The van der Waals surface area contributed by atoms with Gasteiger partial charge >= 0.3 is 0 Å². The maximum atomic E-state index is 4.38. The van der Waals surface area contributed by atoms with Gasteiger partial charge in [0, 0.05) is 0 Å². The number of rotatable bonds is 0. The van der Waals surface area contributed by atoms with Crippen LogP contribution < -0.4 is 23.4 Å². The first-order valence-corrected chi connectivity index (χ1v) is 0.577. The fraction of sp³-hybridized carbons (Fsp3) is 0. The number of hydrogen-bond acceptors (Lipinski definition) is 4. The predicted octanol–water partition coefficient (Wildman–Crippen LogP) is -2.34. The zero-order chi connectivity index (χ0) is 2.71. The number of hydrogen-bond donors (Lipinski definition) is 4. The molecule has 10 N–H and O–H groups in total. The maximum Gasteiger partial charge on any atom is -0.200 e. The van der Waals surface area contributed by atoms with Crippen LogP contribution in [0.15, 0.2) is 0 Å². The van der Waals surface area contributed by atoms with E-state index >= 15 is 0 Å². The molecule has 0 heterocycles. The van der Waals surface area contributed by atoms with Crippen molar-refractivity contribution in [1.29, 1.82) is 0 Å². The van der Waals surface area contributed by atoms with Crippen molar-refractivity contribution in [2.45, 2.75) is 0 Å². The monoisotopic (exact) mass is 82.1 g/mol. The summed E-state index contributed by atoms with van der Waals surface area (Å²) < 4.78 is 0. The summed E-state index contributed by atoms with van der Waals surface area (Å²) in [5.41, 5.74) is 1.75. The molecule has 0 aromatic carbocycles. The minimum absolute atomic E-state index is 0. The Bertz CT molecular complexity index is 3.61. The Morgan fingerprint density at radius 1 is 1.20 bits per heavy atom. The first-order valence-electron chi connectivity index (χ1n) is 0.577. The van der Waals surface area contributed by atoms with Crippen molar-refractivity contribution in [2.75, 3.05) is 0 Å². The van der Waals surface area contributed by atoms with Gasteiger partial charge in [-0.25, -0.2) is 0 Å². The lowest BCUT2D eigenvalue weighted by Gasteiger charge is -1.64. The summed E-state index contributed by atoms with van der Waals surface area (Å²) >= 11 is 0. The molecule has 0 saturated heterocycles. The summed E-state index contributed by atoms with van der Waals surface area (Å²) in [7, 11) is 0. The SMILES string of the molecule is N.NNN.O. The van der Waals surface area contributed by atoms with Gasteiger partial charge in [-0.3, -0.25) is 11.7 Å². The van der Waals surface area contributed by atoms with Gasteiger partial charge in [0.15, 0.2) is 0 Å².